The first-order valence-electron chi connectivity index (χ1n) is 5.22. The van der Waals surface area contributed by atoms with Crippen molar-refractivity contribution in [3.63, 3.8) is 0 Å². The molecule has 0 radical (unpaired) electrons. The van der Waals surface area contributed by atoms with Crippen LogP contribution in [-0.2, 0) is 9.59 Å². The Morgan fingerprint density at radius 3 is 2.44 bits per heavy atom. The van der Waals surface area contributed by atoms with Crippen molar-refractivity contribution in [3.05, 3.63) is 35.4 Å². The third-order valence-corrected chi connectivity index (χ3v) is 2.26. The highest BCUT2D eigenvalue weighted by Crippen LogP contribution is 2.05. The van der Waals surface area contributed by atoms with Crippen molar-refractivity contribution >= 4 is 17.8 Å². The molecule has 0 heterocycles. The lowest BCUT2D eigenvalue weighted by atomic mass is 10.1. The minimum Gasteiger partial charge on any atom is -0.481 e. The maximum absolute atomic E-state index is 11.7. The zero-order valence-electron chi connectivity index (χ0n) is 9.71. The summed E-state index contributed by atoms with van der Waals surface area (Å²) in [6, 6.07) is 5.15. The van der Waals surface area contributed by atoms with Crippen molar-refractivity contribution in [1.82, 2.24) is 5.32 Å². The lowest BCUT2D eigenvalue weighted by molar-refractivity contribution is -0.145. The SMILES string of the molecule is Cc1cccc(C(=O)N[C@H](CC(=O)O)C(=O)O)c1. The van der Waals surface area contributed by atoms with E-state index in [9.17, 15) is 14.4 Å². The third-order valence-electron chi connectivity index (χ3n) is 2.26. The molecule has 0 aromatic heterocycles. The lowest BCUT2D eigenvalue weighted by Crippen LogP contribution is -2.42. The molecule has 0 saturated heterocycles. The van der Waals surface area contributed by atoms with Crippen LogP contribution in [-0.4, -0.2) is 34.1 Å². The van der Waals surface area contributed by atoms with Crippen LogP contribution in [0, 0.1) is 6.92 Å². The van der Waals surface area contributed by atoms with Gasteiger partial charge in [0, 0.05) is 5.56 Å². The van der Waals surface area contributed by atoms with Crippen LogP contribution >= 0.6 is 0 Å². The Hall–Kier alpha value is -2.37. The molecular formula is C12H13NO5. The van der Waals surface area contributed by atoms with E-state index in [0.717, 1.165) is 5.56 Å². The van der Waals surface area contributed by atoms with E-state index in [4.69, 9.17) is 10.2 Å². The molecule has 96 valence electrons. The zero-order chi connectivity index (χ0) is 13.7. The molecule has 6 nitrogen and oxygen atoms in total. The summed E-state index contributed by atoms with van der Waals surface area (Å²) >= 11 is 0. The molecule has 0 fully saturated rings. The Kier molecular flexibility index (Phi) is 4.42. The summed E-state index contributed by atoms with van der Waals surface area (Å²) in [6.45, 7) is 1.79. The molecule has 0 bridgehead atoms. The number of aryl methyl sites for hydroxylation is 1. The van der Waals surface area contributed by atoms with Crippen molar-refractivity contribution in [1.29, 1.82) is 0 Å². The number of amides is 1. The molecule has 18 heavy (non-hydrogen) atoms. The number of aliphatic carboxylic acids is 2. The fraction of sp³-hybridized carbons (Fsp3) is 0.250. The molecule has 1 rings (SSSR count). The van der Waals surface area contributed by atoms with Gasteiger partial charge in [0.25, 0.3) is 5.91 Å². The van der Waals surface area contributed by atoms with Gasteiger partial charge in [0.2, 0.25) is 0 Å². The average Bonchev–Trinajstić information content (AvgIpc) is 2.27. The highest BCUT2D eigenvalue weighted by molar-refractivity contribution is 5.97. The van der Waals surface area contributed by atoms with Gasteiger partial charge < -0.3 is 15.5 Å². The molecule has 0 aliphatic heterocycles. The predicted molar refractivity (Wildman–Crippen MR) is 62.3 cm³/mol. The Morgan fingerprint density at radius 1 is 1.28 bits per heavy atom. The fourth-order valence-corrected chi connectivity index (χ4v) is 1.40. The summed E-state index contributed by atoms with van der Waals surface area (Å²) in [7, 11) is 0. The molecule has 1 amide bonds. The van der Waals surface area contributed by atoms with E-state index in [1.54, 1.807) is 25.1 Å². The van der Waals surface area contributed by atoms with Crippen molar-refractivity contribution in [2.24, 2.45) is 0 Å². The molecule has 0 spiro atoms. The molecule has 1 atom stereocenters. The second-order valence-corrected chi connectivity index (χ2v) is 3.83. The Bertz CT molecular complexity index is 483. The second kappa shape index (κ2) is 5.81. The highest BCUT2D eigenvalue weighted by atomic mass is 16.4. The highest BCUT2D eigenvalue weighted by Gasteiger charge is 2.23. The molecule has 0 aliphatic rings. The Morgan fingerprint density at radius 2 is 1.94 bits per heavy atom. The monoisotopic (exact) mass is 251 g/mol. The van der Waals surface area contributed by atoms with Crippen LogP contribution in [0.5, 0.6) is 0 Å². The van der Waals surface area contributed by atoms with Crippen LogP contribution in [0.3, 0.4) is 0 Å². The van der Waals surface area contributed by atoms with Crippen LogP contribution in [0.1, 0.15) is 22.3 Å². The summed E-state index contributed by atoms with van der Waals surface area (Å²) in [4.78, 5) is 33.0. The molecule has 6 heteroatoms. The van der Waals surface area contributed by atoms with Crippen molar-refractivity contribution in [2.45, 2.75) is 19.4 Å². The summed E-state index contributed by atoms with van der Waals surface area (Å²) in [6.07, 6.45) is -0.660. The predicted octanol–water partition coefficient (Wildman–Crippen LogP) is 0.653. The second-order valence-electron chi connectivity index (χ2n) is 3.83. The number of carbonyl (C=O) groups is 3. The van der Waals surface area contributed by atoms with Crippen LogP contribution in [0.25, 0.3) is 0 Å². The van der Waals surface area contributed by atoms with E-state index in [2.05, 4.69) is 5.32 Å². The van der Waals surface area contributed by atoms with Crippen molar-refractivity contribution in [3.8, 4) is 0 Å². The molecule has 1 aromatic carbocycles. The van der Waals surface area contributed by atoms with Crippen LogP contribution in [0.4, 0.5) is 0 Å². The van der Waals surface area contributed by atoms with Crippen molar-refractivity contribution in [2.75, 3.05) is 0 Å². The Labute approximate surface area is 103 Å². The van der Waals surface area contributed by atoms with Crippen LogP contribution < -0.4 is 5.32 Å². The number of rotatable bonds is 5. The number of nitrogens with one attached hydrogen (secondary N) is 1. The molecule has 3 N–H and O–H groups in total. The maximum atomic E-state index is 11.7. The first-order chi connectivity index (χ1) is 8.40. The van der Waals surface area contributed by atoms with Gasteiger partial charge >= 0.3 is 11.9 Å². The topological polar surface area (TPSA) is 104 Å². The number of carboxylic acid groups (broad SMARTS) is 2. The molecule has 0 aliphatic carbocycles. The Balaban J connectivity index is 2.78. The van der Waals surface area contributed by atoms with E-state index in [-0.39, 0.29) is 0 Å². The number of benzene rings is 1. The number of carboxylic acids is 2. The van der Waals surface area contributed by atoms with Gasteiger partial charge in [-0.1, -0.05) is 17.7 Å². The summed E-state index contributed by atoms with van der Waals surface area (Å²) < 4.78 is 0. The van der Waals surface area contributed by atoms with Crippen molar-refractivity contribution < 1.29 is 24.6 Å². The number of carbonyl (C=O) groups excluding carboxylic acids is 1. The first-order valence-corrected chi connectivity index (χ1v) is 5.22. The van der Waals surface area contributed by atoms with Gasteiger partial charge in [0.05, 0.1) is 6.42 Å². The van der Waals surface area contributed by atoms with E-state index in [0.29, 0.717) is 5.56 Å². The zero-order valence-corrected chi connectivity index (χ0v) is 9.71. The normalized spacial score (nSPS) is 11.6. The number of hydrogen-bond acceptors (Lipinski definition) is 3. The fourth-order valence-electron chi connectivity index (χ4n) is 1.40. The summed E-state index contributed by atoms with van der Waals surface area (Å²) in [5, 5.41) is 19.5. The van der Waals surface area contributed by atoms with Gasteiger partial charge in [0.15, 0.2) is 0 Å². The average molecular weight is 251 g/mol. The molecule has 0 saturated carbocycles. The third kappa shape index (κ3) is 3.89. The first kappa shape index (κ1) is 13.7. The standard InChI is InChI=1S/C12H13NO5/c1-7-3-2-4-8(5-7)11(16)13-9(12(17)18)6-10(14)15/h2-5,9H,6H2,1H3,(H,13,16)(H,14,15)(H,17,18)/t9-/m1/s1. The minimum atomic E-state index is -1.43. The largest absolute Gasteiger partial charge is 0.481 e. The van der Waals surface area contributed by atoms with Gasteiger partial charge in [-0.2, -0.15) is 0 Å². The van der Waals surface area contributed by atoms with Gasteiger partial charge in [-0.15, -0.1) is 0 Å². The summed E-state index contributed by atoms with van der Waals surface area (Å²) in [5.74, 6) is -3.27. The lowest BCUT2D eigenvalue weighted by Gasteiger charge is -2.12. The van der Waals surface area contributed by atoms with E-state index < -0.39 is 30.3 Å². The van der Waals surface area contributed by atoms with E-state index >= 15 is 0 Å². The van der Waals surface area contributed by atoms with Gasteiger partial charge in [-0.25, -0.2) is 4.79 Å². The molecule has 0 unspecified atom stereocenters. The number of hydrogen-bond donors (Lipinski definition) is 3. The smallest absolute Gasteiger partial charge is 0.326 e. The van der Waals surface area contributed by atoms with E-state index in [1.807, 2.05) is 0 Å². The quantitative estimate of drug-likeness (QED) is 0.713. The summed E-state index contributed by atoms with van der Waals surface area (Å²) in [5.41, 5.74) is 1.15. The molecular weight excluding hydrogens is 238 g/mol. The van der Waals surface area contributed by atoms with Gasteiger partial charge in [-0.05, 0) is 19.1 Å². The van der Waals surface area contributed by atoms with Gasteiger partial charge in [0.1, 0.15) is 6.04 Å². The molecule has 1 aromatic rings. The minimum absolute atomic E-state index is 0.298. The van der Waals surface area contributed by atoms with E-state index in [1.165, 1.54) is 6.07 Å². The van der Waals surface area contributed by atoms with Crippen LogP contribution in [0.15, 0.2) is 24.3 Å². The maximum Gasteiger partial charge on any atom is 0.326 e. The van der Waals surface area contributed by atoms with Crippen LogP contribution in [0.2, 0.25) is 0 Å². The van der Waals surface area contributed by atoms with Gasteiger partial charge in [-0.3, -0.25) is 9.59 Å².